The molecule has 0 saturated carbocycles. The lowest BCUT2D eigenvalue weighted by Crippen LogP contribution is -2.19. The lowest BCUT2D eigenvalue weighted by molar-refractivity contribution is 0.752. The van der Waals surface area contributed by atoms with E-state index in [-0.39, 0.29) is 18.4 Å². The van der Waals surface area contributed by atoms with E-state index in [4.69, 9.17) is 23.1 Å². The van der Waals surface area contributed by atoms with Crippen LogP contribution in [-0.2, 0) is 0 Å². The van der Waals surface area contributed by atoms with Crippen LogP contribution in [0.5, 0.6) is 0 Å². The minimum Gasteiger partial charge on any atom is -0.329 e. The molecule has 4 N–H and O–H groups in total. The van der Waals surface area contributed by atoms with Gasteiger partial charge in [0.05, 0.1) is 10.4 Å². The highest BCUT2D eigenvalue weighted by Crippen LogP contribution is 2.24. The summed E-state index contributed by atoms with van der Waals surface area (Å²) < 4.78 is 0.763. The molecule has 1 heterocycles. The van der Waals surface area contributed by atoms with Gasteiger partial charge in [-0.1, -0.05) is 11.6 Å². The summed E-state index contributed by atoms with van der Waals surface area (Å²) in [5, 5.41) is 0. The molecule has 1 aromatic rings. The van der Waals surface area contributed by atoms with Crippen LogP contribution in [0.3, 0.4) is 0 Å². The molecule has 11 heavy (non-hydrogen) atoms. The molecule has 1 rings (SSSR count). The average Bonchev–Trinajstić information content (AvgIpc) is 2.34. The zero-order valence-electron chi connectivity index (χ0n) is 5.79. The fourth-order valence-electron chi connectivity index (χ4n) is 0.644. The van der Waals surface area contributed by atoms with Gasteiger partial charge in [0.1, 0.15) is 0 Å². The summed E-state index contributed by atoms with van der Waals surface area (Å²) in [7, 11) is 0. The first-order chi connectivity index (χ1) is 4.74. The summed E-state index contributed by atoms with van der Waals surface area (Å²) in [5.41, 5.74) is 11.0. The molecule has 0 saturated heterocycles. The van der Waals surface area contributed by atoms with Crippen molar-refractivity contribution in [1.29, 1.82) is 0 Å². The minimum atomic E-state index is -0.0579. The third-order valence-corrected chi connectivity index (χ3v) is 2.58. The molecular formula is C6H10Cl2N2S. The number of hydrogen-bond donors (Lipinski definition) is 2. The monoisotopic (exact) mass is 212 g/mol. The number of halogens is 2. The molecule has 0 radical (unpaired) electrons. The summed E-state index contributed by atoms with van der Waals surface area (Å²) in [6.07, 6.45) is 0. The lowest BCUT2D eigenvalue weighted by atomic mass is 10.3. The molecule has 0 aromatic carbocycles. The van der Waals surface area contributed by atoms with Crippen LogP contribution >= 0.6 is 35.3 Å². The van der Waals surface area contributed by atoms with Gasteiger partial charge < -0.3 is 11.5 Å². The van der Waals surface area contributed by atoms with E-state index in [0.29, 0.717) is 6.54 Å². The Labute approximate surface area is 80.9 Å². The predicted octanol–water partition coefficient (Wildman–Crippen LogP) is 1.78. The molecule has 64 valence electrons. The zero-order valence-corrected chi connectivity index (χ0v) is 8.18. The maximum Gasteiger partial charge on any atom is 0.0931 e. The van der Waals surface area contributed by atoms with Crippen LogP contribution in [0.1, 0.15) is 10.9 Å². The van der Waals surface area contributed by atoms with Gasteiger partial charge in [0, 0.05) is 11.4 Å². The van der Waals surface area contributed by atoms with E-state index in [9.17, 15) is 0 Å². The Morgan fingerprint density at radius 3 is 2.55 bits per heavy atom. The first-order valence-electron chi connectivity index (χ1n) is 2.95. The second-order valence-corrected chi connectivity index (χ2v) is 3.73. The maximum absolute atomic E-state index is 5.68. The highest BCUT2D eigenvalue weighted by atomic mass is 35.5. The Morgan fingerprint density at radius 2 is 2.18 bits per heavy atom. The summed E-state index contributed by atoms with van der Waals surface area (Å²) in [4.78, 5) is 1.05. The number of hydrogen-bond acceptors (Lipinski definition) is 3. The van der Waals surface area contributed by atoms with Gasteiger partial charge in [-0.3, -0.25) is 0 Å². The molecule has 0 bridgehead atoms. The fourth-order valence-corrected chi connectivity index (χ4v) is 1.72. The van der Waals surface area contributed by atoms with E-state index >= 15 is 0 Å². The smallest absolute Gasteiger partial charge is 0.0931 e. The molecule has 0 aliphatic heterocycles. The number of nitrogens with two attached hydrogens (primary N) is 2. The van der Waals surface area contributed by atoms with Crippen LogP contribution in [-0.4, -0.2) is 6.54 Å². The lowest BCUT2D eigenvalue weighted by Gasteiger charge is -2.02. The van der Waals surface area contributed by atoms with Crippen molar-refractivity contribution >= 4 is 35.3 Å². The normalized spacial score (nSPS) is 12.3. The standard InChI is InChI=1S/C6H9ClN2S.ClH/c7-6-2-1-5(10-6)4(9)3-8;/h1-2,4H,3,8-9H2;1H/t4-;/m0./s1. The third kappa shape index (κ3) is 2.97. The molecule has 0 unspecified atom stereocenters. The molecule has 0 spiro atoms. The van der Waals surface area contributed by atoms with E-state index in [0.717, 1.165) is 9.21 Å². The van der Waals surface area contributed by atoms with Gasteiger partial charge in [-0.05, 0) is 12.1 Å². The highest BCUT2D eigenvalue weighted by molar-refractivity contribution is 7.16. The predicted molar refractivity (Wildman–Crippen MR) is 52.6 cm³/mol. The van der Waals surface area contributed by atoms with Gasteiger partial charge in [0.25, 0.3) is 0 Å². The van der Waals surface area contributed by atoms with Crippen LogP contribution in [0.15, 0.2) is 12.1 Å². The molecular weight excluding hydrogens is 203 g/mol. The van der Waals surface area contributed by atoms with Crippen LogP contribution in [0.4, 0.5) is 0 Å². The zero-order chi connectivity index (χ0) is 7.56. The first-order valence-corrected chi connectivity index (χ1v) is 4.14. The Kier molecular flexibility index (Phi) is 5.04. The van der Waals surface area contributed by atoms with Gasteiger partial charge in [-0.25, -0.2) is 0 Å². The van der Waals surface area contributed by atoms with Gasteiger partial charge in [-0.2, -0.15) is 0 Å². The van der Waals surface area contributed by atoms with Gasteiger partial charge in [0.15, 0.2) is 0 Å². The van der Waals surface area contributed by atoms with E-state index < -0.39 is 0 Å². The van der Waals surface area contributed by atoms with E-state index in [1.165, 1.54) is 11.3 Å². The molecule has 5 heteroatoms. The van der Waals surface area contributed by atoms with Crippen molar-refractivity contribution in [3.8, 4) is 0 Å². The van der Waals surface area contributed by atoms with Crippen molar-refractivity contribution in [2.75, 3.05) is 6.54 Å². The Morgan fingerprint density at radius 1 is 1.55 bits per heavy atom. The van der Waals surface area contributed by atoms with Crippen molar-refractivity contribution in [1.82, 2.24) is 0 Å². The summed E-state index contributed by atoms with van der Waals surface area (Å²) in [6, 6.07) is 3.68. The van der Waals surface area contributed by atoms with Crippen LogP contribution in [0.25, 0.3) is 0 Å². The topological polar surface area (TPSA) is 52.0 Å². The molecule has 1 aromatic heterocycles. The third-order valence-electron chi connectivity index (χ3n) is 1.21. The van der Waals surface area contributed by atoms with E-state index in [1.54, 1.807) is 0 Å². The van der Waals surface area contributed by atoms with Crippen molar-refractivity contribution in [2.24, 2.45) is 11.5 Å². The van der Waals surface area contributed by atoms with E-state index in [2.05, 4.69) is 0 Å². The van der Waals surface area contributed by atoms with Gasteiger partial charge in [-0.15, -0.1) is 23.7 Å². The molecule has 0 aliphatic rings. The fraction of sp³-hybridized carbons (Fsp3) is 0.333. The average molecular weight is 213 g/mol. The molecule has 0 aliphatic carbocycles. The second kappa shape index (κ2) is 4.95. The van der Waals surface area contributed by atoms with Crippen molar-refractivity contribution in [3.63, 3.8) is 0 Å². The highest BCUT2D eigenvalue weighted by Gasteiger charge is 2.04. The molecule has 0 amide bonds. The summed E-state index contributed by atoms with van der Waals surface area (Å²) >= 11 is 7.16. The van der Waals surface area contributed by atoms with Crippen LogP contribution in [0.2, 0.25) is 4.34 Å². The quantitative estimate of drug-likeness (QED) is 0.786. The molecule has 0 fully saturated rings. The SMILES string of the molecule is Cl.NC[C@H](N)c1ccc(Cl)s1. The summed E-state index contributed by atoms with van der Waals surface area (Å²) in [6.45, 7) is 0.469. The van der Waals surface area contributed by atoms with Gasteiger partial charge >= 0.3 is 0 Å². The summed E-state index contributed by atoms with van der Waals surface area (Å²) in [5.74, 6) is 0. The van der Waals surface area contributed by atoms with Crippen molar-refractivity contribution < 1.29 is 0 Å². The van der Waals surface area contributed by atoms with Crippen molar-refractivity contribution in [2.45, 2.75) is 6.04 Å². The Bertz CT molecular complexity index is 214. The first kappa shape index (κ1) is 11.2. The molecule has 2 nitrogen and oxygen atoms in total. The van der Waals surface area contributed by atoms with Crippen LogP contribution in [0, 0.1) is 0 Å². The second-order valence-electron chi connectivity index (χ2n) is 1.98. The minimum absolute atomic E-state index is 0. The van der Waals surface area contributed by atoms with Gasteiger partial charge in [0.2, 0.25) is 0 Å². The Balaban J connectivity index is 0.000001000. The van der Waals surface area contributed by atoms with E-state index in [1.807, 2.05) is 12.1 Å². The van der Waals surface area contributed by atoms with Crippen LogP contribution < -0.4 is 11.5 Å². The Hall–Kier alpha value is 0.200. The maximum atomic E-state index is 5.68. The largest absolute Gasteiger partial charge is 0.329 e. The number of rotatable bonds is 2. The number of thiophene rings is 1. The van der Waals surface area contributed by atoms with Crippen molar-refractivity contribution in [3.05, 3.63) is 21.3 Å². The molecule has 1 atom stereocenters.